The van der Waals surface area contributed by atoms with Crippen molar-refractivity contribution in [3.8, 4) is 5.75 Å². The Bertz CT molecular complexity index is 877. The minimum absolute atomic E-state index is 0.119. The number of carbonyl (C=O) groups is 1. The summed E-state index contributed by atoms with van der Waals surface area (Å²) in [5.74, 6) is -0.127. The number of phenolic OH excluding ortho intramolecular Hbond substituents is 1. The van der Waals surface area contributed by atoms with Crippen LogP contribution in [0.15, 0.2) is 57.6 Å². The third kappa shape index (κ3) is 4.94. The smallest absolute Gasteiger partial charge is 0.240 e. The Balaban J connectivity index is 2.16. The van der Waals surface area contributed by atoms with E-state index < -0.39 is 10.0 Å². The SMILES string of the molecule is CCC(C)NS(=O)(=O)c1ccc(N=Nc2ccc(O)c(C=O)c2)cc1. The molecule has 1 atom stereocenters. The van der Waals surface area contributed by atoms with Crippen LogP contribution in [0.4, 0.5) is 11.4 Å². The number of azo groups is 1. The molecule has 2 aromatic carbocycles. The lowest BCUT2D eigenvalue weighted by molar-refractivity contribution is 0.112. The highest BCUT2D eigenvalue weighted by atomic mass is 32.2. The molecular formula is C17H19N3O4S. The first-order valence-electron chi connectivity index (χ1n) is 7.68. The summed E-state index contributed by atoms with van der Waals surface area (Å²) in [6.45, 7) is 3.70. The highest BCUT2D eigenvalue weighted by molar-refractivity contribution is 7.89. The van der Waals surface area contributed by atoms with Crippen LogP contribution in [0.1, 0.15) is 30.6 Å². The van der Waals surface area contributed by atoms with Crippen LogP contribution in [0, 0.1) is 0 Å². The molecule has 1 unspecified atom stereocenters. The molecule has 0 aliphatic rings. The molecule has 2 N–H and O–H groups in total. The fourth-order valence-corrected chi connectivity index (χ4v) is 3.25. The molecule has 2 rings (SSSR count). The zero-order valence-corrected chi connectivity index (χ0v) is 14.7. The Kier molecular flexibility index (Phi) is 6.00. The minimum atomic E-state index is -3.56. The zero-order valence-electron chi connectivity index (χ0n) is 13.9. The summed E-state index contributed by atoms with van der Waals surface area (Å²) in [5.41, 5.74) is 0.979. The summed E-state index contributed by atoms with van der Waals surface area (Å²) in [7, 11) is -3.56. The van der Waals surface area contributed by atoms with Crippen LogP contribution in [0.25, 0.3) is 0 Å². The van der Waals surface area contributed by atoms with E-state index in [1.54, 1.807) is 6.92 Å². The van der Waals surface area contributed by atoms with Gasteiger partial charge in [-0.2, -0.15) is 10.2 Å². The molecule has 0 aliphatic carbocycles. The highest BCUT2D eigenvalue weighted by Crippen LogP contribution is 2.24. The van der Waals surface area contributed by atoms with Crippen molar-refractivity contribution in [1.82, 2.24) is 4.72 Å². The second kappa shape index (κ2) is 8.00. The first-order valence-corrected chi connectivity index (χ1v) is 9.16. The number of carbonyl (C=O) groups excluding carboxylic acids is 1. The quantitative estimate of drug-likeness (QED) is 0.579. The van der Waals surface area contributed by atoms with Gasteiger partial charge in [-0.05, 0) is 55.8 Å². The fraction of sp³-hybridized carbons (Fsp3) is 0.235. The average Bonchev–Trinajstić information content (AvgIpc) is 2.61. The Hall–Kier alpha value is -2.58. The summed E-state index contributed by atoms with van der Waals surface area (Å²) in [4.78, 5) is 10.9. The van der Waals surface area contributed by atoms with Crippen molar-refractivity contribution in [2.75, 3.05) is 0 Å². The molecule has 7 nitrogen and oxygen atoms in total. The maximum Gasteiger partial charge on any atom is 0.240 e. The number of benzene rings is 2. The largest absolute Gasteiger partial charge is 0.507 e. The Morgan fingerprint density at radius 3 is 2.32 bits per heavy atom. The van der Waals surface area contributed by atoms with Gasteiger partial charge < -0.3 is 5.11 Å². The predicted molar refractivity (Wildman–Crippen MR) is 94.2 cm³/mol. The van der Waals surface area contributed by atoms with Gasteiger partial charge in [-0.25, -0.2) is 13.1 Å². The second-order valence-electron chi connectivity index (χ2n) is 5.49. The van der Waals surface area contributed by atoms with E-state index in [2.05, 4.69) is 15.0 Å². The van der Waals surface area contributed by atoms with Crippen LogP contribution in [0.5, 0.6) is 5.75 Å². The van der Waals surface area contributed by atoms with Crippen LogP contribution in [-0.4, -0.2) is 25.9 Å². The van der Waals surface area contributed by atoms with E-state index in [0.717, 1.165) is 0 Å². The molecule has 0 fully saturated rings. The molecule has 0 saturated carbocycles. The van der Waals surface area contributed by atoms with E-state index in [1.165, 1.54) is 42.5 Å². The maximum atomic E-state index is 12.2. The van der Waals surface area contributed by atoms with Crippen LogP contribution in [0.3, 0.4) is 0 Å². The number of nitrogens with one attached hydrogen (secondary N) is 1. The van der Waals surface area contributed by atoms with Gasteiger partial charge in [0.15, 0.2) is 6.29 Å². The third-order valence-electron chi connectivity index (χ3n) is 3.53. The molecule has 0 aliphatic heterocycles. The summed E-state index contributed by atoms with van der Waals surface area (Å²) >= 11 is 0. The van der Waals surface area contributed by atoms with E-state index in [9.17, 15) is 18.3 Å². The number of rotatable bonds is 7. The van der Waals surface area contributed by atoms with Gasteiger partial charge in [0.05, 0.1) is 21.8 Å². The van der Waals surface area contributed by atoms with E-state index in [0.29, 0.717) is 24.1 Å². The minimum Gasteiger partial charge on any atom is -0.507 e. The molecule has 0 saturated heterocycles. The highest BCUT2D eigenvalue weighted by Gasteiger charge is 2.16. The van der Waals surface area contributed by atoms with E-state index in [4.69, 9.17) is 0 Å². The van der Waals surface area contributed by atoms with Crippen LogP contribution < -0.4 is 4.72 Å². The molecule has 0 aromatic heterocycles. The van der Waals surface area contributed by atoms with Crippen LogP contribution >= 0.6 is 0 Å². The van der Waals surface area contributed by atoms with Crippen molar-refractivity contribution in [1.29, 1.82) is 0 Å². The molecule has 0 heterocycles. The van der Waals surface area contributed by atoms with Crippen LogP contribution in [0.2, 0.25) is 0 Å². The number of phenols is 1. The van der Waals surface area contributed by atoms with E-state index in [-0.39, 0.29) is 22.3 Å². The number of hydrogen-bond acceptors (Lipinski definition) is 6. The van der Waals surface area contributed by atoms with Gasteiger partial charge in [-0.1, -0.05) is 6.92 Å². The van der Waals surface area contributed by atoms with Gasteiger partial charge in [0.1, 0.15) is 5.75 Å². The lowest BCUT2D eigenvalue weighted by Crippen LogP contribution is -2.31. The molecule has 0 amide bonds. The monoisotopic (exact) mass is 361 g/mol. The Labute approximate surface area is 146 Å². The first-order chi connectivity index (χ1) is 11.9. The van der Waals surface area contributed by atoms with Crippen LogP contribution in [-0.2, 0) is 10.0 Å². The Morgan fingerprint density at radius 1 is 1.12 bits per heavy atom. The van der Waals surface area contributed by atoms with Crippen molar-refractivity contribution < 1.29 is 18.3 Å². The lowest BCUT2D eigenvalue weighted by atomic mass is 10.2. The summed E-state index contributed by atoms with van der Waals surface area (Å²) < 4.78 is 26.9. The zero-order chi connectivity index (χ0) is 18.4. The van der Waals surface area contributed by atoms with Gasteiger partial charge in [0.25, 0.3) is 0 Å². The number of sulfonamides is 1. The topological polar surface area (TPSA) is 108 Å². The van der Waals surface area contributed by atoms with Crippen molar-refractivity contribution in [2.45, 2.75) is 31.2 Å². The lowest BCUT2D eigenvalue weighted by Gasteiger charge is -2.11. The third-order valence-corrected chi connectivity index (χ3v) is 5.14. The molecule has 25 heavy (non-hydrogen) atoms. The maximum absolute atomic E-state index is 12.2. The average molecular weight is 361 g/mol. The molecule has 8 heteroatoms. The number of nitrogens with zero attached hydrogens (tertiary/aromatic N) is 2. The van der Waals surface area contributed by atoms with Crippen molar-refractivity contribution in [3.63, 3.8) is 0 Å². The Morgan fingerprint density at radius 2 is 1.72 bits per heavy atom. The van der Waals surface area contributed by atoms with Crippen molar-refractivity contribution >= 4 is 27.7 Å². The van der Waals surface area contributed by atoms with Crippen molar-refractivity contribution in [2.24, 2.45) is 10.2 Å². The first kappa shape index (κ1) is 18.8. The van der Waals surface area contributed by atoms with Gasteiger partial charge in [-0.15, -0.1) is 0 Å². The predicted octanol–water partition coefficient (Wildman–Crippen LogP) is 3.70. The van der Waals surface area contributed by atoms with Gasteiger partial charge >= 0.3 is 0 Å². The summed E-state index contributed by atoms with van der Waals surface area (Å²) in [6, 6.07) is 10.1. The number of aldehydes is 1. The fourth-order valence-electron chi connectivity index (χ4n) is 1.92. The van der Waals surface area contributed by atoms with Gasteiger partial charge in [0, 0.05) is 6.04 Å². The number of hydrogen-bond donors (Lipinski definition) is 2. The van der Waals surface area contributed by atoms with Gasteiger partial charge in [0.2, 0.25) is 10.0 Å². The second-order valence-corrected chi connectivity index (χ2v) is 7.20. The summed E-state index contributed by atoms with van der Waals surface area (Å²) in [6.07, 6.45) is 1.22. The van der Waals surface area contributed by atoms with E-state index in [1.807, 2.05) is 6.92 Å². The molecule has 0 bridgehead atoms. The summed E-state index contributed by atoms with van der Waals surface area (Å²) in [5, 5.41) is 17.4. The molecule has 2 aromatic rings. The van der Waals surface area contributed by atoms with Crippen molar-refractivity contribution in [3.05, 3.63) is 48.0 Å². The normalized spacial score (nSPS) is 13.0. The van der Waals surface area contributed by atoms with E-state index >= 15 is 0 Å². The standard InChI is InChI=1S/C17H19N3O4S/c1-3-12(2)20-25(23,24)16-7-4-14(5-8-16)18-19-15-6-9-17(22)13(10-15)11-21/h4-12,20,22H,3H2,1-2H3. The molecule has 0 spiro atoms. The van der Waals surface area contributed by atoms with Gasteiger partial charge in [-0.3, -0.25) is 4.79 Å². The number of aromatic hydroxyl groups is 1. The molecule has 132 valence electrons. The molecular weight excluding hydrogens is 342 g/mol. The molecule has 0 radical (unpaired) electrons.